The van der Waals surface area contributed by atoms with E-state index in [0.29, 0.717) is 34.9 Å². The fraction of sp³-hybridized carbons (Fsp3) is 0. The number of aromatic nitrogens is 8. The normalized spacial score (nSPS) is 11.6. The van der Waals surface area contributed by atoms with Crippen LogP contribution in [0.3, 0.4) is 0 Å². The van der Waals surface area contributed by atoms with Crippen molar-refractivity contribution in [3.05, 3.63) is 340 Å². The summed E-state index contributed by atoms with van der Waals surface area (Å²) >= 11 is 0. The summed E-state index contributed by atoms with van der Waals surface area (Å²) in [6.45, 7) is 0. The maximum atomic E-state index is 6.42. The number of furan rings is 2. The lowest BCUT2D eigenvalue weighted by Crippen LogP contribution is -2.04. The number of hydrogen-bond donors (Lipinski definition) is 0. The molecule has 0 N–H and O–H groups in total. The maximum Gasteiger partial charge on any atom is 0.166 e. The summed E-state index contributed by atoms with van der Waals surface area (Å²) < 4.78 is 17.5. The Balaban J connectivity index is 0.000000139. The third-order valence-corrected chi connectivity index (χ3v) is 18.9. The molecule has 14 aromatic carbocycles. The number of rotatable bonds is 10. The third kappa shape index (κ3) is 10.0. The van der Waals surface area contributed by atoms with Crippen molar-refractivity contribution in [2.75, 3.05) is 0 Å². The standard InChI is InChI=1S/2C45H28N4O/c1-4-14-29(15-5-1)32-24-25-39(37(26-32)45-47-43(30-16-6-2-7-17-30)46-44(48-45)31-18-8-3-9-19-31)49-38-22-12-10-20-33(38)35-27-36-34-21-11-13-23-41(34)50-42(36)28-40(35)49;1-4-14-29(15-5-1)32-24-25-37(35(28-32)45-47-43(30-16-6-2-7-17-30)46-44(48-45)31-18-8-3-9-19-31)49-36-22-12-10-20-33(36)41-38(49)26-27-40-42(41)34-21-11-13-23-39(34)50-40/h2*1-28H. The summed E-state index contributed by atoms with van der Waals surface area (Å²) in [7, 11) is 0. The fourth-order valence-electron chi connectivity index (χ4n) is 14.3. The smallest absolute Gasteiger partial charge is 0.166 e. The number of para-hydroxylation sites is 4. The Kier molecular flexibility index (Phi) is 14.0. The third-order valence-electron chi connectivity index (χ3n) is 18.9. The van der Waals surface area contributed by atoms with Gasteiger partial charge in [0.25, 0.3) is 0 Å². The van der Waals surface area contributed by atoms with Gasteiger partial charge in [-0.1, -0.05) is 267 Å². The molecule has 20 rings (SSSR count). The summed E-state index contributed by atoms with van der Waals surface area (Å²) in [4.78, 5) is 30.7. The van der Waals surface area contributed by atoms with Crippen molar-refractivity contribution in [3.8, 4) is 102 Å². The van der Waals surface area contributed by atoms with Crippen LogP contribution in [-0.4, -0.2) is 39.0 Å². The second-order valence-corrected chi connectivity index (χ2v) is 24.9. The zero-order chi connectivity index (χ0) is 66.0. The van der Waals surface area contributed by atoms with Gasteiger partial charge in [-0.3, -0.25) is 0 Å². The van der Waals surface area contributed by atoms with Crippen molar-refractivity contribution in [2.45, 2.75) is 0 Å². The van der Waals surface area contributed by atoms with E-state index in [1.807, 2.05) is 158 Å². The molecule has 0 amide bonds. The van der Waals surface area contributed by atoms with Crippen molar-refractivity contribution in [2.24, 2.45) is 0 Å². The molecule has 0 atom stereocenters. The summed E-state index contributed by atoms with van der Waals surface area (Å²) in [6, 6.07) is 117. The largest absolute Gasteiger partial charge is 0.456 e. The molecule has 0 aliphatic carbocycles. The predicted octanol–water partition coefficient (Wildman–Crippen LogP) is 23.1. The Morgan fingerprint density at radius 3 is 1.05 bits per heavy atom. The minimum Gasteiger partial charge on any atom is -0.456 e. The predicted molar refractivity (Wildman–Crippen MR) is 406 cm³/mol. The minimum absolute atomic E-state index is 0.598. The van der Waals surface area contributed by atoms with Gasteiger partial charge >= 0.3 is 0 Å². The number of nitrogens with zero attached hydrogens (tertiary/aromatic N) is 8. The van der Waals surface area contributed by atoms with Gasteiger partial charge in [-0.15, -0.1) is 0 Å². The Morgan fingerprint density at radius 2 is 0.560 bits per heavy atom. The van der Waals surface area contributed by atoms with Gasteiger partial charge in [-0.05, 0) is 89.0 Å². The minimum atomic E-state index is 0.598. The summed E-state index contributed by atoms with van der Waals surface area (Å²) in [5.41, 5.74) is 19.7. The van der Waals surface area contributed by atoms with Crippen LogP contribution in [0.15, 0.2) is 349 Å². The average molecular weight is 1280 g/mol. The van der Waals surface area contributed by atoms with E-state index in [-0.39, 0.29) is 0 Å². The summed E-state index contributed by atoms with van der Waals surface area (Å²) in [6.07, 6.45) is 0. The first-order chi connectivity index (χ1) is 49.6. The van der Waals surface area contributed by atoms with Crippen LogP contribution in [0.1, 0.15) is 0 Å². The van der Waals surface area contributed by atoms with Crippen molar-refractivity contribution < 1.29 is 8.83 Å². The molecule has 6 heterocycles. The molecule has 10 heteroatoms. The van der Waals surface area contributed by atoms with E-state index >= 15 is 0 Å². The van der Waals surface area contributed by atoms with Crippen molar-refractivity contribution in [1.29, 1.82) is 0 Å². The van der Waals surface area contributed by atoms with Crippen LogP contribution >= 0.6 is 0 Å². The molecule has 10 nitrogen and oxygen atoms in total. The Bertz CT molecular complexity index is 6390. The Hall–Kier alpha value is -13.7. The Morgan fingerprint density at radius 1 is 0.190 bits per heavy atom. The first-order valence-electron chi connectivity index (χ1n) is 33.4. The summed E-state index contributed by atoms with van der Waals surface area (Å²) in [5, 5.41) is 9.08. The highest BCUT2D eigenvalue weighted by molar-refractivity contribution is 6.27. The molecule has 0 aliphatic heterocycles. The quantitative estimate of drug-likeness (QED) is 0.133. The molecule has 0 bridgehead atoms. The van der Waals surface area contributed by atoms with Crippen LogP contribution in [0.25, 0.3) is 189 Å². The lowest BCUT2D eigenvalue weighted by atomic mass is 10.0. The second-order valence-electron chi connectivity index (χ2n) is 24.9. The molecule has 0 spiro atoms. The fourth-order valence-corrected chi connectivity index (χ4v) is 14.3. The monoisotopic (exact) mass is 1280 g/mol. The van der Waals surface area contributed by atoms with E-state index in [4.69, 9.17) is 38.7 Å². The molecule has 0 unspecified atom stereocenters. The molecular formula is C90H56N8O2. The van der Waals surface area contributed by atoms with Gasteiger partial charge in [0.1, 0.15) is 22.3 Å². The van der Waals surface area contributed by atoms with Gasteiger partial charge in [0.2, 0.25) is 0 Å². The highest BCUT2D eigenvalue weighted by atomic mass is 16.3. The maximum absolute atomic E-state index is 6.42. The topological polar surface area (TPSA) is 113 Å². The SMILES string of the molecule is c1ccc(-c2ccc(-n3c4ccccc4c4c5c(ccc43)oc3ccccc35)c(-c3nc(-c4ccccc4)nc(-c4ccccc4)n3)c2)cc1.c1ccc(-c2ccc(-n3c4ccccc4c4cc5c(cc43)oc3ccccc35)c(-c3nc(-c4ccccc4)nc(-c4ccccc4)n3)c2)cc1. The van der Waals surface area contributed by atoms with E-state index in [2.05, 4.69) is 191 Å². The van der Waals surface area contributed by atoms with Crippen LogP contribution in [0.5, 0.6) is 0 Å². The zero-order valence-electron chi connectivity index (χ0n) is 53.7. The van der Waals surface area contributed by atoms with Gasteiger partial charge in [0.15, 0.2) is 34.9 Å². The van der Waals surface area contributed by atoms with Crippen molar-refractivity contribution in [1.82, 2.24) is 39.0 Å². The summed E-state index contributed by atoms with van der Waals surface area (Å²) in [5.74, 6) is 3.69. The highest BCUT2D eigenvalue weighted by Crippen LogP contribution is 2.45. The highest BCUT2D eigenvalue weighted by Gasteiger charge is 2.25. The first-order valence-corrected chi connectivity index (χ1v) is 33.4. The van der Waals surface area contributed by atoms with Crippen LogP contribution in [-0.2, 0) is 0 Å². The molecule has 0 saturated heterocycles. The van der Waals surface area contributed by atoms with E-state index in [1.165, 1.54) is 5.39 Å². The Labute approximate surface area is 573 Å². The van der Waals surface area contributed by atoms with Crippen molar-refractivity contribution >= 4 is 87.5 Å². The lowest BCUT2D eigenvalue weighted by Gasteiger charge is -2.16. The number of fused-ring (bicyclic) bond motifs is 13. The molecule has 468 valence electrons. The number of hydrogen-bond acceptors (Lipinski definition) is 8. The molecule has 0 aliphatic rings. The van der Waals surface area contributed by atoms with Crippen LogP contribution in [0.4, 0.5) is 0 Å². The van der Waals surface area contributed by atoms with E-state index in [0.717, 1.165) is 149 Å². The van der Waals surface area contributed by atoms with Crippen LogP contribution in [0.2, 0.25) is 0 Å². The van der Waals surface area contributed by atoms with Crippen LogP contribution < -0.4 is 0 Å². The van der Waals surface area contributed by atoms with Gasteiger partial charge in [0.05, 0.1) is 33.4 Å². The van der Waals surface area contributed by atoms with Gasteiger partial charge in [0, 0.05) is 82.5 Å². The van der Waals surface area contributed by atoms with Crippen LogP contribution in [0, 0.1) is 0 Å². The van der Waals surface area contributed by atoms with Gasteiger partial charge < -0.3 is 18.0 Å². The average Bonchev–Trinajstić information content (AvgIpc) is 1.56. The van der Waals surface area contributed by atoms with Gasteiger partial charge in [-0.2, -0.15) is 0 Å². The van der Waals surface area contributed by atoms with E-state index in [1.54, 1.807) is 0 Å². The second kappa shape index (κ2) is 24.2. The van der Waals surface area contributed by atoms with Gasteiger partial charge in [-0.25, -0.2) is 29.9 Å². The lowest BCUT2D eigenvalue weighted by molar-refractivity contribution is 0.669. The molecule has 0 fully saturated rings. The van der Waals surface area contributed by atoms with E-state index in [9.17, 15) is 0 Å². The van der Waals surface area contributed by atoms with Crippen molar-refractivity contribution in [3.63, 3.8) is 0 Å². The molecule has 0 saturated carbocycles. The first kappa shape index (κ1) is 57.7. The molecular weight excluding hydrogens is 1230 g/mol. The van der Waals surface area contributed by atoms with E-state index < -0.39 is 0 Å². The number of benzene rings is 14. The molecule has 100 heavy (non-hydrogen) atoms. The molecule has 0 radical (unpaired) electrons. The molecule has 20 aromatic rings. The molecule has 6 aromatic heterocycles. The zero-order valence-corrected chi connectivity index (χ0v) is 53.7.